The maximum absolute atomic E-state index is 11.7. The Hall–Kier alpha value is -1.56. The van der Waals surface area contributed by atoms with E-state index in [1.165, 1.54) is 15.3 Å². The molecule has 6 heteroatoms. The Morgan fingerprint density at radius 1 is 1.38 bits per heavy atom. The van der Waals surface area contributed by atoms with Gasteiger partial charge in [0, 0.05) is 19.8 Å². The van der Waals surface area contributed by atoms with Crippen LogP contribution in [0.25, 0.3) is 0 Å². The molecule has 0 aromatic carbocycles. The molecule has 90 valence electrons. The first-order valence-corrected chi connectivity index (χ1v) is 5.14. The number of aryl methyl sites for hydroxylation is 1. The molecule has 0 radical (unpaired) electrons. The molecule has 0 saturated carbocycles. The Morgan fingerprint density at radius 3 is 2.56 bits per heavy atom. The minimum Gasteiger partial charge on any atom is -0.393 e. The van der Waals surface area contributed by atoms with Crippen molar-refractivity contribution in [3.63, 3.8) is 0 Å². The molecular weight excluding hydrogens is 208 g/mol. The van der Waals surface area contributed by atoms with Crippen LogP contribution >= 0.6 is 0 Å². The molecule has 0 unspecified atom stereocenters. The summed E-state index contributed by atoms with van der Waals surface area (Å²) < 4.78 is 2.51. The molecule has 6 nitrogen and oxygen atoms in total. The second-order valence-electron chi connectivity index (χ2n) is 4.09. The van der Waals surface area contributed by atoms with Crippen molar-refractivity contribution in [1.29, 1.82) is 0 Å². The summed E-state index contributed by atoms with van der Waals surface area (Å²) in [6.45, 7) is 1.22. The van der Waals surface area contributed by atoms with Crippen molar-refractivity contribution in [2.75, 3.05) is 26.4 Å². The minimum absolute atomic E-state index is 0.104. The third-order valence-corrected chi connectivity index (χ3v) is 2.34. The van der Waals surface area contributed by atoms with Gasteiger partial charge < -0.3 is 15.2 Å². The highest BCUT2D eigenvalue weighted by Crippen LogP contribution is 1.90. The number of anilines is 1. The van der Waals surface area contributed by atoms with Crippen molar-refractivity contribution in [2.24, 2.45) is 7.05 Å². The molecular formula is C10H18N4O2. The van der Waals surface area contributed by atoms with Gasteiger partial charge in [0.2, 0.25) is 0 Å². The normalized spacial score (nSPS) is 11.0. The van der Waals surface area contributed by atoms with Crippen LogP contribution in [-0.2, 0) is 13.6 Å². The molecule has 0 saturated heterocycles. The van der Waals surface area contributed by atoms with Crippen molar-refractivity contribution in [2.45, 2.75) is 13.0 Å². The molecule has 1 aromatic rings. The first-order chi connectivity index (χ1) is 7.43. The van der Waals surface area contributed by atoms with Crippen molar-refractivity contribution < 1.29 is 0 Å². The molecule has 0 aliphatic heterocycles. The average molecular weight is 226 g/mol. The summed E-state index contributed by atoms with van der Waals surface area (Å²) in [6, 6.07) is 0. The summed E-state index contributed by atoms with van der Waals surface area (Å²) in [5.41, 5.74) is 4.90. The lowest BCUT2D eigenvalue weighted by molar-refractivity contribution is 0.381. The fourth-order valence-electron chi connectivity index (χ4n) is 1.49. The van der Waals surface area contributed by atoms with Crippen LogP contribution in [-0.4, -0.2) is 34.7 Å². The number of hydrogen-bond acceptors (Lipinski definition) is 4. The Labute approximate surface area is 93.9 Å². The molecule has 0 aliphatic rings. The molecule has 0 atom stereocenters. The molecule has 16 heavy (non-hydrogen) atoms. The van der Waals surface area contributed by atoms with E-state index in [0.717, 1.165) is 13.0 Å². The Kier molecular flexibility index (Phi) is 3.89. The largest absolute Gasteiger partial charge is 0.393 e. The van der Waals surface area contributed by atoms with Gasteiger partial charge >= 0.3 is 5.69 Å². The molecule has 0 fully saturated rings. The highest BCUT2D eigenvalue weighted by atomic mass is 16.2. The van der Waals surface area contributed by atoms with Crippen LogP contribution in [0.15, 0.2) is 15.8 Å². The molecule has 1 heterocycles. The topological polar surface area (TPSA) is 73.3 Å². The first kappa shape index (κ1) is 12.5. The fraction of sp³-hybridized carbons (Fsp3) is 0.600. The first-order valence-electron chi connectivity index (χ1n) is 5.14. The lowest BCUT2D eigenvalue weighted by atomic mass is 10.4. The number of hydrogen-bond donors (Lipinski definition) is 1. The maximum Gasteiger partial charge on any atom is 0.330 e. The molecule has 2 N–H and O–H groups in total. The highest BCUT2D eigenvalue weighted by molar-refractivity contribution is 5.30. The van der Waals surface area contributed by atoms with Crippen molar-refractivity contribution in [1.82, 2.24) is 14.0 Å². The van der Waals surface area contributed by atoms with Gasteiger partial charge in [0.25, 0.3) is 5.56 Å². The van der Waals surface area contributed by atoms with Gasteiger partial charge in [-0.1, -0.05) is 0 Å². The van der Waals surface area contributed by atoms with E-state index in [2.05, 4.69) is 0 Å². The zero-order valence-electron chi connectivity index (χ0n) is 9.93. The van der Waals surface area contributed by atoms with Crippen LogP contribution in [0.5, 0.6) is 0 Å². The predicted molar refractivity (Wildman–Crippen MR) is 63.5 cm³/mol. The van der Waals surface area contributed by atoms with Gasteiger partial charge in [-0.2, -0.15) is 0 Å². The van der Waals surface area contributed by atoms with E-state index in [9.17, 15) is 9.59 Å². The predicted octanol–water partition coefficient (Wildman–Crippen LogP) is -0.919. The average Bonchev–Trinajstić information content (AvgIpc) is 2.20. The van der Waals surface area contributed by atoms with E-state index in [4.69, 9.17) is 5.73 Å². The standard InChI is InChI=1S/C10H18N4O2/c1-12(2)5-4-6-14-9(15)8(11)7-13(3)10(14)16/h7H,4-6,11H2,1-3H3. The monoisotopic (exact) mass is 226 g/mol. The van der Waals surface area contributed by atoms with Crippen LogP contribution < -0.4 is 17.0 Å². The van der Waals surface area contributed by atoms with Gasteiger partial charge in [-0.3, -0.25) is 9.36 Å². The third-order valence-electron chi connectivity index (χ3n) is 2.34. The molecule has 1 aromatic heterocycles. The quantitative estimate of drug-likeness (QED) is 0.720. The fourth-order valence-corrected chi connectivity index (χ4v) is 1.49. The molecule has 0 bridgehead atoms. The van der Waals surface area contributed by atoms with E-state index >= 15 is 0 Å². The lowest BCUT2D eigenvalue weighted by Crippen LogP contribution is -2.40. The van der Waals surface area contributed by atoms with Crippen LogP contribution in [0.1, 0.15) is 6.42 Å². The smallest absolute Gasteiger partial charge is 0.330 e. The van der Waals surface area contributed by atoms with E-state index in [1.54, 1.807) is 7.05 Å². The van der Waals surface area contributed by atoms with Gasteiger partial charge in [0.15, 0.2) is 0 Å². The SMILES string of the molecule is CN(C)CCCn1c(=O)c(N)cn(C)c1=O. The highest BCUT2D eigenvalue weighted by Gasteiger charge is 2.06. The summed E-state index contributed by atoms with van der Waals surface area (Å²) in [6.07, 6.45) is 2.10. The van der Waals surface area contributed by atoms with Gasteiger partial charge in [0.1, 0.15) is 5.69 Å². The maximum atomic E-state index is 11.7. The summed E-state index contributed by atoms with van der Waals surface area (Å²) in [7, 11) is 5.47. The van der Waals surface area contributed by atoms with Crippen LogP contribution in [0.3, 0.4) is 0 Å². The summed E-state index contributed by atoms with van der Waals surface area (Å²) in [5.74, 6) is 0. The lowest BCUT2D eigenvalue weighted by Gasteiger charge is -2.11. The summed E-state index contributed by atoms with van der Waals surface area (Å²) in [5, 5.41) is 0. The molecule has 0 spiro atoms. The Morgan fingerprint density at radius 2 is 2.00 bits per heavy atom. The van der Waals surface area contributed by atoms with Crippen molar-refractivity contribution in [3.8, 4) is 0 Å². The number of nitrogens with zero attached hydrogens (tertiary/aromatic N) is 3. The number of nitrogen functional groups attached to an aromatic ring is 1. The van der Waals surface area contributed by atoms with E-state index in [0.29, 0.717) is 6.54 Å². The van der Waals surface area contributed by atoms with E-state index in [1.807, 2.05) is 19.0 Å². The molecule has 1 rings (SSSR count). The van der Waals surface area contributed by atoms with E-state index in [-0.39, 0.29) is 11.4 Å². The second-order valence-corrected chi connectivity index (χ2v) is 4.09. The molecule has 0 aliphatic carbocycles. The van der Waals surface area contributed by atoms with Crippen LogP contribution in [0, 0.1) is 0 Å². The van der Waals surface area contributed by atoms with Crippen LogP contribution in [0.4, 0.5) is 5.69 Å². The Balaban J connectivity index is 2.95. The summed E-state index contributed by atoms with van der Waals surface area (Å²) in [4.78, 5) is 25.3. The number of nitrogens with two attached hydrogens (primary N) is 1. The third kappa shape index (κ3) is 2.73. The second kappa shape index (κ2) is 4.98. The van der Waals surface area contributed by atoms with E-state index < -0.39 is 5.56 Å². The van der Waals surface area contributed by atoms with Gasteiger partial charge in [0.05, 0.1) is 0 Å². The number of rotatable bonds is 4. The molecule has 0 amide bonds. The Bertz CT molecular complexity index is 438. The van der Waals surface area contributed by atoms with Crippen molar-refractivity contribution >= 4 is 5.69 Å². The van der Waals surface area contributed by atoms with Crippen LogP contribution in [0.2, 0.25) is 0 Å². The minimum atomic E-state index is -0.401. The van der Waals surface area contributed by atoms with Gasteiger partial charge in [-0.05, 0) is 27.1 Å². The summed E-state index contributed by atoms with van der Waals surface area (Å²) >= 11 is 0. The zero-order chi connectivity index (χ0) is 12.3. The zero-order valence-corrected chi connectivity index (χ0v) is 9.93. The van der Waals surface area contributed by atoms with Gasteiger partial charge in [-0.25, -0.2) is 4.79 Å². The number of aromatic nitrogens is 2. The van der Waals surface area contributed by atoms with Crippen molar-refractivity contribution in [3.05, 3.63) is 27.0 Å². The van der Waals surface area contributed by atoms with Gasteiger partial charge in [-0.15, -0.1) is 0 Å².